The second kappa shape index (κ2) is 6.02. The summed E-state index contributed by atoms with van der Waals surface area (Å²) in [6, 6.07) is 4.52. The van der Waals surface area contributed by atoms with Crippen LogP contribution in [0.2, 0.25) is 0 Å². The predicted molar refractivity (Wildman–Crippen MR) is 74.2 cm³/mol. The standard InChI is InChI=1S/C14H21N3O2/c1-17(11-5-3-10(15)4-6-11)12-7-8-16-13(9-12)14(18)19-2/h7-11H,3-6,15H2,1-2H3. The molecule has 0 amide bonds. The van der Waals surface area contributed by atoms with Crippen molar-refractivity contribution in [1.82, 2.24) is 4.98 Å². The Morgan fingerprint density at radius 2 is 2.11 bits per heavy atom. The molecule has 0 saturated heterocycles. The molecule has 1 fully saturated rings. The summed E-state index contributed by atoms with van der Waals surface area (Å²) >= 11 is 0. The van der Waals surface area contributed by atoms with Crippen molar-refractivity contribution in [3.8, 4) is 0 Å². The quantitative estimate of drug-likeness (QED) is 0.838. The molecule has 1 aliphatic carbocycles. The van der Waals surface area contributed by atoms with E-state index in [2.05, 4.69) is 16.9 Å². The van der Waals surface area contributed by atoms with Crippen molar-refractivity contribution in [2.75, 3.05) is 19.1 Å². The van der Waals surface area contributed by atoms with E-state index in [1.807, 2.05) is 6.07 Å². The van der Waals surface area contributed by atoms with E-state index in [9.17, 15) is 4.79 Å². The number of hydrogen-bond acceptors (Lipinski definition) is 5. The van der Waals surface area contributed by atoms with E-state index in [1.165, 1.54) is 7.11 Å². The number of nitrogens with zero attached hydrogens (tertiary/aromatic N) is 2. The van der Waals surface area contributed by atoms with E-state index in [0.717, 1.165) is 31.4 Å². The van der Waals surface area contributed by atoms with Gasteiger partial charge in [-0.05, 0) is 37.8 Å². The maximum absolute atomic E-state index is 11.5. The summed E-state index contributed by atoms with van der Waals surface area (Å²) < 4.78 is 4.69. The van der Waals surface area contributed by atoms with Crippen LogP contribution in [0.3, 0.4) is 0 Å². The number of rotatable bonds is 3. The van der Waals surface area contributed by atoms with Gasteiger partial charge >= 0.3 is 5.97 Å². The Balaban J connectivity index is 2.10. The molecule has 5 nitrogen and oxygen atoms in total. The number of anilines is 1. The molecular weight excluding hydrogens is 242 g/mol. The van der Waals surface area contributed by atoms with Gasteiger partial charge in [0.25, 0.3) is 0 Å². The summed E-state index contributed by atoms with van der Waals surface area (Å²) in [6.45, 7) is 0. The highest BCUT2D eigenvalue weighted by Gasteiger charge is 2.22. The fourth-order valence-electron chi connectivity index (χ4n) is 2.55. The summed E-state index contributed by atoms with van der Waals surface area (Å²) in [5.41, 5.74) is 7.27. The number of methoxy groups -OCH3 is 1. The van der Waals surface area contributed by atoms with Gasteiger partial charge in [-0.2, -0.15) is 0 Å². The summed E-state index contributed by atoms with van der Waals surface area (Å²) in [5, 5.41) is 0. The van der Waals surface area contributed by atoms with Crippen molar-refractivity contribution >= 4 is 11.7 Å². The maximum Gasteiger partial charge on any atom is 0.356 e. The monoisotopic (exact) mass is 263 g/mol. The molecule has 1 aliphatic rings. The molecule has 1 aromatic rings. The lowest BCUT2D eigenvalue weighted by atomic mass is 9.91. The Morgan fingerprint density at radius 1 is 1.42 bits per heavy atom. The van der Waals surface area contributed by atoms with Crippen LogP contribution < -0.4 is 10.6 Å². The zero-order valence-electron chi connectivity index (χ0n) is 11.5. The van der Waals surface area contributed by atoms with Gasteiger partial charge in [0.1, 0.15) is 5.69 Å². The fourth-order valence-corrected chi connectivity index (χ4v) is 2.55. The highest BCUT2D eigenvalue weighted by atomic mass is 16.5. The smallest absolute Gasteiger partial charge is 0.356 e. The fraction of sp³-hybridized carbons (Fsp3) is 0.571. The third-order valence-electron chi connectivity index (χ3n) is 3.83. The number of aromatic nitrogens is 1. The summed E-state index contributed by atoms with van der Waals surface area (Å²) in [5.74, 6) is -0.402. The average molecular weight is 263 g/mol. The van der Waals surface area contributed by atoms with E-state index < -0.39 is 5.97 Å². The number of pyridine rings is 1. The van der Waals surface area contributed by atoms with Gasteiger partial charge in [-0.15, -0.1) is 0 Å². The molecule has 2 N–H and O–H groups in total. The SMILES string of the molecule is COC(=O)c1cc(N(C)C2CCC(N)CC2)ccn1. The molecule has 104 valence electrons. The van der Waals surface area contributed by atoms with Crippen molar-refractivity contribution in [2.24, 2.45) is 5.73 Å². The molecule has 2 rings (SSSR count). The van der Waals surface area contributed by atoms with E-state index in [-0.39, 0.29) is 0 Å². The summed E-state index contributed by atoms with van der Waals surface area (Å²) in [4.78, 5) is 17.7. The molecule has 0 atom stereocenters. The normalized spacial score (nSPS) is 22.9. The molecule has 0 spiro atoms. The van der Waals surface area contributed by atoms with Crippen molar-refractivity contribution in [3.05, 3.63) is 24.0 Å². The minimum Gasteiger partial charge on any atom is -0.464 e. The summed E-state index contributed by atoms with van der Waals surface area (Å²) in [6.07, 6.45) is 5.95. The lowest BCUT2D eigenvalue weighted by Gasteiger charge is -2.35. The van der Waals surface area contributed by atoms with Crippen LogP contribution in [0, 0.1) is 0 Å². The lowest BCUT2D eigenvalue weighted by molar-refractivity contribution is 0.0594. The van der Waals surface area contributed by atoms with Gasteiger partial charge in [0.2, 0.25) is 0 Å². The zero-order chi connectivity index (χ0) is 13.8. The third-order valence-corrected chi connectivity index (χ3v) is 3.83. The first-order valence-corrected chi connectivity index (χ1v) is 6.64. The largest absolute Gasteiger partial charge is 0.464 e. The van der Waals surface area contributed by atoms with Gasteiger partial charge in [-0.25, -0.2) is 9.78 Å². The Bertz CT molecular complexity index is 442. The molecule has 1 aromatic heterocycles. The lowest BCUT2D eigenvalue weighted by Crippen LogP contribution is -2.38. The number of ether oxygens (including phenoxy) is 1. The van der Waals surface area contributed by atoms with Crippen LogP contribution in [-0.2, 0) is 4.74 Å². The zero-order valence-corrected chi connectivity index (χ0v) is 11.5. The molecule has 0 unspecified atom stereocenters. The molecule has 5 heteroatoms. The van der Waals surface area contributed by atoms with E-state index in [0.29, 0.717) is 17.8 Å². The first-order valence-electron chi connectivity index (χ1n) is 6.64. The van der Waals surface area contributed by atoms with Crippen LogP contribution in [0.1, 0.15) is 36.2 Å². The molecule has 0 radical (unpaired) electrons. The van der Waals surface area contributed by atoms with Crippen molar-refractivity contribution in [3.63, 3.8) is 0 Å². The topological polar surface area (TPSA) is 68.5 Å². The highest BCUT2D eigenvalue weighted by molar-refractivity contribution is 5.88. The van der Waals surface area contributed by atoms with Crippen LogP contribution in [0.25, 0.3) is 0 Å². The molecule has 1 saturated carbocycles. The van der Waals surface area contributed by atoms with Crippen LogP contribution >= 0.6 is 0 Å². The maximum atomic E-state index is 11.5. The molecule has 0 bridgehead atoms. The molecule has 0 aliphatic heterocycles. The molecule has 1 heterocycles. The molecule has 0 aromatic carbocycles. The number of carbonyl (C=O) groups is 1. The Morgan fingerprint density at radius 3 is 2.74 bits per heavy atom. The minimum absolute atomic E-state index is 0.340. The number of hydrogen-bond donors (Lipinski definition) is 1. The van der Waals surface area contributed by atoms with E-state index in [1.54, 1.807) is 12.3 Å². The van der Waals surface area contributed by atoms with Gasteiger partial charge in [0.05, 0.1) is 7.11 Å². The van der Waals surface area contributed by atoms with Crippen molar-refractivity contribution in [2.45, 2.75) is 37.8 Å². The molecule has 19 heavy (non-hydrogen) atoms. The van der Waals surface area contributed by atoms with Crippen LogP contribution in [-0.4, -0.2) is 37.2 Å². The highest BCUT2D eigenvalue weighted by Crippen LogP contribution is 2.25. The number of carbonyl (C=O) groups excluding carboxylic acids is 1. The van der Waals surface area contributed by atoms with Gasteiger partial charge < -0.3 is 15.4 Å². The number of nitrogens with two attached hydrogens (primary N) is 1. The van der Waals surface area contributed by atoms with Crippen LogP contribution in [0.4, 0.5) is 5.69 Å². The Labute approximate surface area is 113 Å². The molecular formula is C14H21N3O2. The van der Waals surface area contributed by atoms with E-state index >= 15 is 0 Å². The van der Waals surface area contributed by atoms with E-state index in [4.69, 9.17) is 10.5 Å². The minimum atomic E-state index is -0.402. The van der Waals surface area contributed by atoms with Crippen LogP contribution in [0.15, 0.2) is 18.3 Å². The second-order valence-electron chi connectivity index (χ2n) is 5.07. The Hall–Kier alpha value is -1.62. The number of esters is 1. The van der Waals surface area contributed by atoms with Gasteiger partial charge in [-0.3, -0.25) is 0 Å². The predicted octanol–water partition coefficient (Wildman–Crippen LogP) is 1.57. The van der Waals surface area contributed by atoms with Gasteiger partial charge in [0, 0.05) is 31.0 Å². The van der Waals surface area contributed by atoms with Crippen molar-refractivity contribution < 1.29 is 9.53 Å². The van der Waals surface area contributed by atoms with Gasteiger partial charge in [-0.1, -0.05) is 0 Å². The Kier molecular flexibility index (Phi) is 4.37. The average Bonchev–Trinajstić information content (AvgIpc) is 2.46. The van der Waals surface area contributed by atoms with Crippen LogP contribution in [0.5, 0.6) is 0 Å². The first kappa shape index (κ1) is 13.8. The van der Waals surface area contributed by atoms with Gasteiger partial charge in [0.15, 0.2) is 0 Å². The third kappa shape index (κ3) is 3.23. The van der Waals surface area contributed by atoms with Crippen molar-refractivity contribution in [1.29, 1.82) is 0 Å². The second-order valence-corrected chi connectivity index (χ2v) is 5.07. The summed E-state index contributed by atoms with van der Waals surface area (Å²) in [7, 11) is 3.42. The first-order chi connectivity index (χ1) is 9.11.